The van der Waals surface area contributed by atoms with Crippen LogP contribution in [0.1, 0.15) is 25.7 Å². The van der Waals surface area contributed by atoms with Gasteiger partial charge in [0.25, 0.3) is 0 Å². The van der Waals surface area contributed by atoms with Crippen LogP contribution in [0.3, 0.4) is 0 Å². The zero-order chi connectivity index (χ0) is 14.7. The van der Waals surface area contributed by atoms with Crippen molar-refractivity contribution in [3.63, 3.8) is 0 Å². The Morgan fingerprint density at radius 1 is 1.14 bits per heavy atom. The Kier molecular flexibility index (Phi) is 4.25. The van der Waals surface area contributed by atoms with Crippen molar-refractivity contribution in [1.82, 2.24) is 4.98 Å². The fourth-order valence-corrected chi connectivity index (χ4v) is 3.01. The van der Waals surface area contributed by atoms with E-state index < -0.39 is 0 Å². The van der Waals surface area contributed by atoms with Crippen molar-refractivity contribution in [2.45, 2.75) is 31.8 Å². The van der Waals surface area contributed by atoms with E-state index in [9.17, 15) is 5.11 Å². The van der Waals surface area contributed by atoms with E-state index in [1.807, 2.05) is 24.3 Å². The number of nitrogens with zero attached hydrogens (tertiary/aromatic N) is 1. The molecule has 1 N–H and O–H groups in total. The van der Waals surface area contributed by atoms with Gasteiger partial charge in [-0.05, 0) is 49.8 Å². The minimum Gasteiger partial charge on any atom is -0.496 e. The van der Waals surface area contributed by atoms with Crippen LogP contribution in [-0.4, -0.2) is 29.9 Å². The third-order valence-electron chi connectivity index (χ3n) is 4.28. The fourth-order valence-electron chi connectivity index (χ4n) is 3.01. The fraction of sp³-hybridized carbons (Fsp3) is 0.471. The minimum absolute atomic E-state index is 0.192. The maximum Gasteiger partial charge on any atom is 0.221 e. The monoisotopic (exact) mass is 287 g/mol. The molecule has 0 bridgehead atoms. The number of hydrogen-bond donors (Lipinski definition) is 1. The number of aliphatic hydroxyl groups excluding tert-OH is 1. The predicted molar refractivity (Wildman–Crippen MR) is 81.8 cm³/mol. The zero-order valence-corrected chi connectivity index (χ0v) is 12.3. The van der Waals surface area contributed by atoms with Crippen LogP contribution in [0.4, 0.5) is 0 Å². The summed E-state index contributed by atoms with van der Waals surface area (Å²) in [4.78, 5) is 4.39. The molecule has 0 amide bonds. The van der Waals surface area contributed by atoms with Crippen LogP contribution < -0.4 is 9.47 Å². The second kappa shape index (κ2) is 6.31. The summed E-state index contributed by atoms with van der Waals surface area (Å²) >= 11 is 0. The Balaban J connectivity index is 1.81. The third-order valence-corrected chi connectivity index (χ3v) is 4.28. The lowest BCUT2D eigenvalue weighted by Gasteiger charge is -2.27. The summed E-state index contributed by atoms with van der Waals surface area (Å²) in [7, 11) is 1.67. The van der Waals surface area contributed by atoms with Gasteiger partial charge >= 0.3 is 0 Å². The SMILES string of the molecule is COc1cccc2c(OC3CCC(CO)CC3)nccc12. The van der Waals surface area contributed by atoms with E-state index in [1.165, 1.54) is 0 Å². The third kappa shape index (κ3) is 2.95. The zero-order valence-electron chi connectivity index (χ0n) is 12.3. The van der Waals surface area contributed by atoms with Gasteiger partial charge in [-0.2, -0.15) is 0 Å². The number of methoxy groups -OCH3 is 1. The summed E-state index contributed by atoms with van der Waals surface area (Å²) < 4.78 is 11.5. The quantitative estimate of drug-likeness (QED) is 0.938. The summed E-state index contributed by atoms with van der Waals surface area (Å²) in [6, 6.07) is 7.86. The van der Waals surface area contributed by atoms with E-state index in [-0.39, 0.29) is 12.7 Å². The van der Waals surface area contributed by atoms with Gasteiger partial charge in [-0.25, -0.2) is 4.98 Å². The van der Waals surface area contributed by atoms with Crippen molar-refractivity contribution in [2.75, 3.05) is 13.7 Å². The van der Waals surface area contributed by atoms with Gasteiger partial charge in [-0.1, -0.05) is 6.07 Å². The molecule has 112 valence electrons. The van der Waals surface area contributed by atoms with Crippen LogP contribution in [0.2, 0.25) is 0 Å². The number of ether oxygens (including phenoxy) is 2. The first-order valence-electron chi connectivity index (χ1n) is 7.51. The molecule has 1 aliphatic rings. The average molecular weight is 287 g/mol. The van der Waals surface area contributed by atoms with E-state index >= 15 is 0 Å². The normalized spacial score (nSPS) is 22.2. The number of hydrogen-bond acceptors (Lipinski definition) is 4. The first-order chi connectivity index (χ1) is 10.3. The first kappa shape index (κ1) is 14.1. The van der Waals surface area contributed by atoms with Crippen molar-refractivity contribution in [2.24, 2.45) is 5.92 Å². The molecule has 1 aromatic carbocycles. The van der Waals surface area contributed by atoms with Gasteiger partial charge in [0.2, 0.25) is 5.88 Å². The number of pyridine rings is 1. The highest BCUT2D eigenvalue weighted by Gasteiger charge is 2.22. The topological polar surface area (TPSA) is 51.6 Å². The molecule has 1 fully saturated rings. The molecular weight excluding hydrogens is 266 g/mol. The molecule has 1 aliphatic carbocycles. The molecule has 0 spiro atoms. The highest BCUT2D eigenvalue weighted by Crippen LogP contribution is 2.33. The van der Waals surface area contributed by atoms with Crippen molar-refractivity contribution >= 4 is 10.8 Å². The summed E-state index contributed by atoms with van der Waals surface area (Å²) in [5.74, 6) is 1.95. The van der Waals surface area contributed by atoms with Crippen molar-refractivity contribution < 1.29 is 14.6 Å². The Labute approximate surface area is 124 Å². The van der Waals surface area contributed by atoms with Gasteiger partial charge in [-0.15, -0.1) is 0 Å². The standard InChI is InChI=1S/C17H21NO3/c1-20-16-4-2-3-15-14(16)9-10-18-17(15)21-13-7-5-12(11-19)6-8-13/h2-4,9-10,12-13,19H,5-8,11H2,1H3. The summed E-state index contributed by atoms with van der Waals surface area (Å²) in [5, 5.41) is 11.2. The molecule has 2 aromatic rings. The van der Waals surface area contributed by atoms with Gasteiger partial charge < -0.3 is 14.6 Å². The number of aliphatic hydroxyl groups is 1. The molecule has 0 aliphatic heterocycles. The molecule has 0 radical (unpaired) electrons. The van der Waals surface area contributed by atoms with Gasteiger partial charge in [-0.3, -0.25) is 0 Å². The summed E-state index contributed by atoms with van der Waals surface area (Å²) in [6.07, 6.45) is 5.96. The molecule has 1 saturated carbocycles. The summed E-state index contributed by atoms with van der Waals surface area (Å²) in [6.45, 7) is 0.288. The Morgan fingerprint density at radius 3 is 2.67 bits per heavy atom. The average Bonchev–Trinajstić information content (AvgIpc) is 2.55. The van der Waals surface area contributed by atoms with Crippen molar-refractivity contribution in [1.29, 1.82) is 0 Å². The van der Waals surface area contributed by atoms with E-state index in [4.69, 9.17) is 9.47 Å². The maximum atomic E-state index is 9.20. The lowest BCUT2D eigenvalue weighted by atomic mass is 9.88. The lowest BCUT2D eigenvalue weighted by Crippen LogP contribution is -2.25. The molecule has 21 heavy (non-hydrogen) atoms. The number of rotatable bonds is 4. The Bertz CT molecular complexity index is 606. The molecule has 0 atom stereocenters. The number of benzene rings is 1. The van der Waals surface area contributed by atoms with Gasteiger partial charge in [0.1, 0.15) is 11.9 Å². The first-order valence-corrected chi connectivity index (χ1v) is 7.51. The Morgan fingerprint density at radius 2 is 1.95 bits per heavy atom. The maximum absolute atomic E-state index is 9.20. The van der Waals surface area contributed by atoms with Crippen LogP contribution in [0.5, 0.6) is 11.6 Å². The molecule has 4 heteroatoms. The summed E-state index contributed by atoms with van der Waals surface area (Å²) in [5.41, 5.74) is 0. The van der Waals surface area contributed by atoms with Crippen LogP contribution in [0, 0.1) is 5.92 Å². The van der Waals surface area contributed by atoms with Crippen LogP contribution >= 0.6 is 0 Å². The largest absolute Gasteiger partial charge is 0.496 e. The molecule has 0 saturated heterocycles. The van der Waals surface area contributed by atoms with Crippen molar-refractivity contribution in [3.8, 4) is 11.6 Å². The van der Waals surface area contributed by atoms with Crippen LogP contribution in [-0.2, 0) is 0 Å². The minimum atomic E-state index is 0.192. The van der Waals surface area contributed by atoms with E-state index in [2.05, 4.69) is 4.98 Å². The second-order valence-corrected chi connectivity index (χ2v) is 5.61. The molecule has 4 nitrogen and oxygen atoms in total. The van der Waals surface area contributed by atoms with E-state index in [0.717, 1.165) is 42.2 Å². The molecule has 1 heterocycles. The van der Waals surface area contributed by atoms with Gasteiger partial charge in [0.15, 0.2) is 0 Å². The highest BCUT2D eigenvalue weighted by molar-refractivity contribution is 5.91. The second-order valence-electron chi connectivity index (χ2n) is 5.61. The molecular formula is C17H21NO3. The van der Waals surface area contributed by atoms with Crippen LogP contribution in [0.15, 0.2) is 30.5 Å². The highest BCUT2D eigenvalue weighted by atomic mass is 16.5. The molecule has 3 rings (SSSR count). The number of aromatic nitrogens is 1. The smallest absolute Gasteiger partial charge is 0.221 e. The molecule has 0 unspecified atom stereocenters. The van der Waals surface area contributed by atoms with E-state index in [0.29, 0.717) is 11.8 Å². The predicted octanol–water partition coefficient (Wildman–Crippen LogP) is 3.17. The van der Waals surface area contributed by atoms with E-state index in [1.54, 1.807) is 13.3 Å². The van der Waals surface area contributed by atoms with Crippen molar-refractivity contribution in [3.05, 3.63) is 30.5 Å². The van der Waals surface area contributed by atoms with Crippen LogP contribution in [0.25, 0.3) is 10.8 Å². The molecule has 1 aromatic heterocycles. The van der Waals surface area contributed by atoms with Gasteiger partial charge in [0.05, 0.1) is 7.11 Å². The Hall–Kier alpha value is -1.81. The van der Waals surface area contributed by atoms with Gasteiger partial charge in [0, 0.05) is 23.6 Å². The number of fused-ring (bicyclic) bond motifs is 1. The lowest BCUT2D eigenvalue weighted by molar-refractivity contribution is 0.102.